The lowest BCUT2D eigenvalue weighted by atomic mass is 10.1. The number of nitrogens with one attached hydrogen (secondary N) is 1. The molecule has 0 amide bonds. The van der Waals surface area contributed by atoms with Crippen LogP contribution in [0.5, 0.6) is 5.75 Å². The second-order valence-electron chi connectivity index (χ2n) is 4.66. The first kappa shape index (κ1) is 14.0. The molecular weight excluding hydrogens is 214 g/mol. The maximum Gasteiger partial charge on any atom is 0.126 e. The van der Waals surface area contributed by atoms with E-state index in [2.05, 4.69) is 25.2 Å². The van der Waals surface area contributed by atoms with Crippen LogP contribution in [0, 0.1) is 12.8 Å². The van der Waals surface area contributed by atoms with Crippen LogP contribution < -0.4 is 10.1 Å². The van der Waals surface area contributed by atoms with Gasteiger partial charge in [-0.2, -0.15) is 0 Å². The van der Waals surface area contributed by atoms with Crippen molar-refractivity contribution in [3.05, 3.63) is 29.3 Å². The van der Waals surface area contributed by atoms with E-state index >= 15 is 0 Å². The summed E-state index contributed by atoms with van der Waals surface area (Å²) in [4.78, 5) is 0. The molecule has 0 aliphatic rings. The van der Waals surface area contributed by atoms with Crippen LogP contribution >= 0.6 is 0 Å². The number of aliphatic hydroxyl groups is 1. The second-order valence-corrected chi connectivity index (χ2v) is 4.66. The van der Waals surface area contributed by atoms with Crippen LogP contribution in [0.15, 0.2) is 18.2 Å². The zero-order valence-electron chi connectivity index (χ0n) is 11.0. The number of aryl methyl sites for hydroxylation is 1. The molecule has 1 aromatic carbocycles. The molecule has 1 aromatic rings. The topological polar surface area (TPSA) is 41.5 Å². The number of benzene rings is 1. The molecule has 3 nitrogen and oxygen atoms in total. The normalized spacial score (nSPS) is 10.9. The summed E-state index contributed by atoms with van der Waals surface area (Å²) in [5.41, 5.74) is 2.27. The SMILES string of the molecule is Cc1cccc(CNCC(C)C)c1OCCO. The molecule has 0 spiro atoms. The maximum absolute atomic E-state index is 8.82. The Morgan fingerprint density at radius 3 is 2.76 bits per heavy atom. The van der Waals surface area contributed by atoms with Gasteiger partial charge in [0.1, 0.15) is 12.4 Å². The summed E-state index contributed by atoms with van der Waals surface area (Å²) in [6.07, 6.45) is 0. The first-order valence-electron chi connectivity index (χ1n) is 6.18. The monoisotopic (exact) mass is 237 g/mol. The smallest absolute Gasteiger partial charge is 0.126 e. The molecule has 0 aromatic heterocycles. The minimum atomic E-state index is 0.0488. The quantitative estimate of drug-likeness (QED) is 0.763. The van der Waals surface area contributed by atoms with Gasteiger partial charge in [0.2, 0.25) is 0 Å². The lowest BCUT2D eigenvalue weighted by molar-refractivity contribution is 0.199. The number of rotatable bonds is 7. The van der Waals surface area contributed by atoms with Crippen molar-refractivity contribution in [2.75, 3.05) is 19.8 Å². The molecule has 1 rings (SSSR count). The number of ether oxygens (including phenoxy) is 1. The van der Waals surface area contributed by atoms with E-state index in [-0.39, 0.29) is 6.61 Å². The summed E-state index contributed by atoms with van der Waals surface area (Å²) < 4.78 is 5.58. The van der Waals surface area contributed by atoms with Gasteiger partial charge >= 0.3 is 0 Å². The van der Waals surface area contributed by atoms with E-state index in [1.807, 2.05) is 19.1 Å². The van der Waals surface area contributed by atoms with Crippen molar-refractivity contribution in [1.29, 1.82) is 0 Å². The summed E-state index contributed by atoms with van der Waals surface area (Å²) in [6, 6.07) is 6.12. The van der Waals surface area contributed by atoms with Crippen LogP contribution in [0.25, 0.3) is 0 Å². The van der Waals surface area contributed by atoms with Gasteiger partial charge in [0.15, 0.2) is 0 Å². The molecule has 0 bridgehead atoms. The van der Waals surface area contributed by atoms with Gasteiger partial charge in [-0.15, -0.1) is 0 Å². The number of aliphatic hydroxyl groups excluding tert-OH is 1. The maximum atomic E-state index is 8.82. The van der Waals surface area contributed by atoms with Crippen molar-refractivity contribution in [3.8, 4) is 5.75 Å². The average Bonchev–Trinajstić information content (AvgIpc) is 2.28. The fourth-order valence-corrected chi connectivity index (χ4v) is 1.70. The first-order chi connectivity index (χ1) is 8.15. The summed E-state index contributed by atoms with van der Waals surface area (Å²) in [5.74, 6) is 1.54. The predicted molar refractivity (Wildman–Crippen MR) is 70.3 cm³/mol. The van der Waals surface area contributed by atoms with E-state index in [0.29, 0.717) is 12.5 Å². The molecule has 17 heavy (non-hydrogen) atoms. The molecule has 96 valence electrons. The van der Waals surface area contributed by atoms with Gasteiger partial charge in [0, 0.05) is 12.1 Å². The van der Waals surface area contributed by atoms with Gasteiger partial charge < -0.3 is 15.2 Å². The van der Waals surface area contributed by atoms with Crippen LogP contribution in [0.1, 0.15) is 25.0 Å². The van der Waals surface area contributed by atoms with Crippen LogP contribution in [0.3, 0.4) is 0 Å². The van der Waals surface area contributed by atoms with Crippen molar-refractivity contribution < 1.29 is 9.84 Å². The number of hydrogen-bond donors (Lipinski definition) is 2. The fraction of sp³-hybridized carbons (Fsp3) is 0.571. The Hall–Kier alpha value is -1.06. The lowest BCUT2D eigenvalue weighted by Gasteiger charge is -2.14. The molecule has 0 unspecified atom stereocenters. The fourth-order valence-electron chi connectivity index (χ4n) is 1.70. The Bertz CT molecular complexity index is 337. The third-order valence-corrected chi connectivity index (χ3v) is 2.50. The van der Waals surface area contributed by atoms with Gasteiger partial charge in [-0.1, -0.05) is 32.0 Å². The summed E-state index contributed by atoms with van der Waals surface area (Å²) in [5, 5.41) is 12.2. The van der Waals surface area contributed by atoms with Crippen molar-refractivity contribution >= 4 is 0 Å². The molecule has 0 heterocycles. The molecular formula is C14H23NO2. The Morgan fingerprint density at radius 2 is 2.12 bits per heavy atom. The molecule has 0 atom stereocenters. The summed E-state index contributed by atoms with van der Waals surface area (Å²) in [6.45, 7) is 8.60. The molecule has 0 radical (unpaired) electrons. The first-order valence-corrected chi connectivity index (χ1v) is 6.18. The van der Waals surface area contributed by atoms with Gasteiger partial charge in [0.25, 0.3) is 0 Å². The highest BCUT2D eigenvalue weighted by Crippen LogP contribution is 2.23. The van der Waals surface area contributed by atoms with E-state index in [0.717, 1.165) is 30.0 Å². The zero-order valence-corrected chi connectivity index (χ0v) is 11.0. The van der Waals surface area contributed by atoms with Crippen molar-refractivity contribution in [3.63, 3.8) is 0 Å². The molecule has 0 saturated heterocycles. The summed E-state index contributed by atoms with van der Waals surface area (Å²) >= 11 is 0. The van der Waals surface area contributed by atoms with E-state index in [1.165, 1.54) is 0 Å². The van der Waals surface area contributed by atoms with Crippen LogP contribution in [-0.4, -0.2) is 24.9 Å². The molecule has 3 heteroatoms. The minimum Gasteiger partial charge on any atom is -0.491 e. The molecule has 0 aliphatic heterocycles. The van der Waals surface area contributed by atoms with Crippen LogP contribution in [0.4, 0.5) is 0 Å². The van der Waals surface area contributed by atoms with Gasteiger partial charge in [-0.25, -0.2) is 0 Å². The lowest BCUT2D eigenvalue weighted by Crippen LogP contribution is -2.19. The molecule has 2 N–H and O–H groups in total. The highest BCUT2D eigenvalue weighted by molar-refractivity contribution is 5.40. The van der Waals surface area contributed by atoms with Gasteiger partial charge in [-0.3, -0.25) is 0 Å². The average molecular weight is 237 g/mol. The zero-order chi connectivity index (χ0) is 12.7. The third-order valence-electron chi connectivity index (χ3n) is 2.50. The second kappa shape index (κ2) is 7.30. The Labute approximate surface area is 104 Å². The van der Waals surface area contributed by atoms with Gasteiger partial charge in [-0.05, 0) is 24.9 Å². The highest BCUT2D eigenvalue weighted by atomic mass is 16.5. The Morgan fingerprint density at radius 1 is 1.35 bits per heavy atom. The highest BCUT2D eigenvalue weighted by Gasteiger charge is 2.06. The van der Waals surface area contributed by atoms with Crippen molar-refractivity contribution in [1.82, 2.24) is 5.32 Å². The van der Waals surface area contributed by atoms with Gasteiger partial charge in [0.05, 0.1) is 6.61 Å². The number of para-hydroxylation sites is 1. The van der Waals surface area contributed by atoms with E-state index in [9.17, 15) is 0 Å². The molecule has 0 saturated carbocycles. The third kappa shape index (κ3) is 4.75. The predicted octanol–water partition coefficient (Wildman–Crippen LogP) is 2.11. The molecule has 0 aliphatic carbocycles. The van der Waals surface area contributed by atoms with Crippen LogP contribution in [-0.2, 0) is 6.54 Å². The summed E-state index contributed by atoms with van der Waals surface area (Å²) in [7, 11) is 0. The Balaban J connectivity index is 2.65. The largest absolute Gasteiger partial charge is 0.491 e. The van der Waals surface area contributed by atoms with E-state index < -0.39 is 0 Å². The number of hydrogen-bond acceptors (Lipinski definition) is 3. The van der Waals surface area contributed by atoms with Crippen LogP contribution in [0.2, 0.25) is 0 Å². The Kier molecular flexibility index (Phi) is 6.01. The standard InChI is InChI=1S/C14H23NO2/c1-11(2)9-15-10-13-6-4-5-12(3)14(13)17-8-7-16/h4-6,11,15-16H,7-10H2,1-3H3. The van der Waals surface area contributed by atoms with Crippen molar-refractivity contribution in [2.45, 2.75) is 27.3 Å². The van der Waals surface area contributed by atoms with E-state index in [1.54, 1.807) is 0 Å². The van der Waals surface area contributed by atoms with E-state index in [4.69, 9.17) is 9.84 Å². The minimum absolute atomic E-state index is 0.0488. The van der Waals surface area contributed by atoms with Crippen molar-refractivity contribution in [2.24, 2.45) is 5.92 Å². The molecule has 0 fully saturated rings.